The topological polar surface area (TPSA) is 23.8 Å². The van der Waals surface area contributed by atoms with Crippen molar-refractivity contribution < 1.29 is 0 Å². The lowest BCUT2D eigenvalue weighted by Gasteiger charge is -2.03. The molecule has 68 valence electrons. The van der Waals surface area contributed by atoms with Gasteiger partial charge in [-0.2, -0.15) is 5.26 Å². The fourth-order valence-corrected chi connectivity index (χ4v) is 1.94. The average Bonchev–Trinajstić information content (AvgIpc) is 2.11. The molecule has 0 aliphatic rings. The van der Waals surface area contributed by atoms with Gasteiger partial charge in [-0.25, -0.2) is 0 Å². The minimum Gasteiger partial charge on any atom is -0.197 e. The van der Waals surface area contributed by atoms with Crippen LogP contribution in [-0.2, 0) is 0 Å². The van der Waals surface area contributed by atoms with Crippen LogP contribution >= 0.6 is 35.0 Å². The first-order valence-corrected chi connectivity index (χ1v) is 5.28. The number of rotatable bonds is 2. The molecule has 0 aliphatic heterocycles. The monoisotopic (exact) mass is 231 g/mol. The van der Waals surface area contributed by atoms with Gasteiger partial charge in [-0.3, -0.25) is 0 Å². The lowest BCUT2D eigenvalue weighted by atomic mass is 10.4. The lowest BCUT2D eigenvalue weighted by Crippen LogP contribution is -1.88. The van der Waals surface area contributed by atoms with E-state index in [0.717, 1.165) is 4.90 Å². The predicted molar refractivity (Wildman–Crippen MR) is 57.4 cm³/mol. The van der Waals surface area contributed by atoms with Crippen molar-refractivity contribution in [3.8, 4) is 6.07 Å². The van der Waals surface area contributed by atoms with Crippen molar-refractivity contribution in [3.05, 3.63) is 28.2 Å². The highest BCUT2D eigenvalue weighted by Crippen LogP contribution is 2.29. The number of benzene rings is 1. The highest BCUT2D eigenvalue weighted by Gasteiger charge is 2.04. The van der Waals surface area contributed by atoms with Crippen molar-refractivity contribution in [1.29, 1.82) is 5.26 Å². The Morgan fingerprint density at radius 2 is 2.08 bits per heavy atom. The van der Waals surface area contributed by atoms with E-state index in [4.69, 9.17) is 28.5 Å². The Morgan fingerprint density at radius 3 is 2.62 bits per heavy atom. The molecule has 1 atom stereocenters. The fourth-order valence-electron chi connectivity index (χ4n) is 0.781. The van der Waals surface area contributed by atoms with Gasteiger partial charge in [0.2, 0.25) is 0 Å². The smallest absolute Gasteiger partial charge is 0.0935 e. The minimum atomic E-state index is -0.0720. The third-order valence-electron chi connectivity index (χ3n) is 1.39. The normalized spacial score (nSPS) is 12.2. The van der Waals surface area contributed by atoms with Gasteiger partial charge >= 0.3 is 0 Å². The summed E-state index contributed by atoms with van der Waals surface area (Å²) >= 11 is 13.0. The Labute approximate surface area is 91.6 Å². The lowest BCUT2D eigenvalue weighted by molar-refractivity contribution is 1.23. The Bertz CT molecular complexity index is 346. The molecule has 1 aromatic rings. The zero-order chi connectivity index (χ0) is 9.84. The van der Waals surface area contributed by atoms with Crippen LogP contribution in [0.25, 0.3) is 0 Å². The van der Waals surface area contributed by atoms with Gasteiger partial charge in [-0.1, -0.05) is 23.2 Å². The molecule has 1 nitrogen and oxygen atoms in total. The molecule has 1 aromatic carbocycles. The third kappa shape index (κ3) is 3.11. The molecule has 0 heterocycles. The summed E-state index contributed by atoms with van der Waals surface area (Å²) in [6.45, 7) is 1.84. The molecular weight excluding hydrogens is 225 g/mol. The van der Waals surface area contributed by atoms with E-state index in [1.54, 1.807) is 12.1 Å². The van der Waals surface area contributed by atoms with E-state index in [9.17, 15) is 0 Å². The van der Waals surface area contributed by atoms with Crippen molar-refractivity contribution in [2.75, 3.05) is 0 Å². The number of nitrogens with zero attached hydrogens (tertiary/aromatic N) is 1. The molecule has 0 aliphatic carbocycles. The number of hydrogen-bond donors (Lipinski definition) is 0. The summed E-state index contributed by atoms with van der Waals surface area (Å²) in [6.07, 6.45) is 0. The van der Waals surface area contributed by atoms with Crippen LogP contribution in [0.2, 0.25) is 10.0 Å². The van der Waals surface area contributed by atoms with Crippen molar-refractivity contribution in [2.45, 2.75) is 17.1 Å². The molecule has 0 spiro atoms. The Balaban J connectivity index is 2.81. The van der Waals surface area contributed by atoms with Crippen LogP contribution in [-0.4, -0.2) is 5.25 Å². The average molecular weight is 232 g/mol. The van der Waals surface area contributed by atoms with Crippen LogP contribution in [0.1, 0.15) is 6.92 Å². The maximum Gasteiger partial charge on any atom is 0.0935 e. The van der Waals surface area contributed by atoms with E-state index in [1.165, 1.54) is 11.8 Å². The Morgan fingerprint density at radius 1 is 1.38 bits per heavy atom. The molecular formula is C9H7Cl2NS. The van der Waals surface area contributed by atoms with E-state index >= 15 is 0 Å². The van der Waals surface area contributed by atoms with Gasteiger partial charge < -0.3 is 0 Å². The molecule has 0 bridgehead atoms. The van der Waals surface area contributed by atoms with Gasteiger partial charge in [0.15, 0.2) is 0 Å². The zero-order valence-electron chi connectivity index (χ0n) is 6.92. The third-order valence-corrected chi connectivity index (χ3v) is 3.11. The van der Waals surface area contributed by atoms with Gasteiger partial charge in [-0.15, -0.1) is 11.8 Å². The van der Waals surface area contributed by atoms with Gasteiger partial charge in [0.25, 0.3) is 0 Å². The summed E-state index contributed by atoms with van der Waals surface area (Å²) in [5.74, 6) is 0. The summed E-state index contributed by atoms with van der Waals surface area (Å²) in [6, 6.07) is 7.49. The molecule has 0 aromatic heterocycles. The summed E-state index contributed by atoms with van der Waals surface area (Å²) in [7, 11) is 0. The fraction of sp³-hybridized carbons (Fsp3) is 0.222. The second kappa shape index (κ2) is 4.76. The van der Waals surface area contributed by atoms with Gasteiger partial charge in [0.05, 0.1) is 21.4 Å². The van der Waals surface area contributed by atoms with Gasteiger partial charge in [0.1, 0.15) is 0 Å². The number of nitriles is 1. The van der Waals surface area contributed by atoms with E-state index < -0.39 is 0 Å². The number of halogens is 2. The van der Waals surface area contributed by atoms with E-state index in [2.05, 4.69) is 6.07 Å². The van der Waals surface area contributed by atoms with Crippen molar-refractivity contribution in [2.24, 2.45) is 0 Å². The van der Waals surface area contributed by atoms with Crippen LogP contribution in [0.3, 0.4) is 0 Å². The second-order valence-electron chi connectivity index (χ2n) is 2.47. The Hall–Kier alpha value is -0.360. The quantitative estimate of drug-likeness (QED) is 0.719. The van der Waals surface area contributed by atoms with Crippen LogP contribution in [0.15, 0.2) is 23.1 Å². The molecule has 0 N–H and O–H groups in total. The molecule has 0 saturated carbocycles. The molecule has 4 heteroatoms. The standard InChI is InChI=1S/C9H7Cl2NS/c1-6(5-12)13-7-2-3-8(10)9(11)4-7/h2-4,6H,1H3. The highest BCUT2D eigenvalue weighted by atomic mass is 35.5. The molecule has 1 unspecified atom stereocenters. The predicted octanol–water partition coefficient (Wildman–Crippen LogP) is 4.00. The van der Waals surface area contributed by atoms with Crippen LogP contribution in [0, 0.1) is 11.3 Å². The van der Waals surface area contributed by atoms with E-state index in [-0.39, 0.29) is 5.25 Å². The minimum absolute atomic E-state index is 0.0720. The largest absolute Gasteiger partial charge is 0.197 e. The molecule has 0 amide bonds. The van der Waals surface area contributed by atoms with E-state index in [1.807, 2.05) is 13.0 Å². The maximum absolute atomic E-state index is 8.59. The summed E-state index contributed by atoms with van der Waals surface area (Å²) in [4.78, 5) is 0.962. The number of hydrogen-bond acceptors (Lipinski definition) is 2. The maximum atomic E-state index is 8.59. The second-order valence-corrected chi connectivity index (χ2v) is 4.69. The van der Waals surface area contributed by atoms with Gasteiger partial charge in [-0.05, 0) is 25.1 Å². The first-order chi connectivity index (χ1) is 6.13. The van der Waals surface area contributed by atoms with E-state index in [0.29, 0.717) is 10.0 Å². The Kier molecular flexibility index (Phi) is 3.92. The first-order valence-electron chi connectivity index (χ1n) is 3.65. The van der Waals surface area contributed by atoms with Crippen molar-refractivity contribution in [1.82, 2.24) is 0 Å². The molecule has 0 fully saturated rings. The van der Waals surface area contributed by atoms with Crippen molar-refractivity contribution in [3.63, 3.8) is 0 Å². The van der Waals surface area contributed by atoms with Gasteiger partial charge in [0, 0.05) is 4.90 Å². The summed E-state index contributed by atoms with van der Waals surface area (Å²) in [5.41, 5.74) is 0. The van der Waals surface area contributed by atoms with Crippen LogP contribution in [0.5, 0.6) is 0 Å². The molecule has 0 radical (unpaired) electrons. The summed E-state index contributed by atoms with van der Waals surface area (Å²) in [5, 5.41) is 9.58. The first kappa shape index (κ1) is 10.7. The van der Waals surface area contributed by atoms with Crippen LogP contribution in [0.4, 0.5) is 0 Å². The molecule has 13 heavy (non-hydrogen) atoms. The van der Waals surface area contributed by atoms with Crippen molar-refractivity contribution >= 4 is 35.0 Å². The zero-order valence-corrected chi connectivity index (χ0v) is 9.25. The highest BCUT2D eigenvalue weighted by molar-refractivity contribution is 8.00. The number of thioether (sulfide) groups is 1. The molecule has 1 rings (SSSR count). The molecule has 0 saturated heterocycles. The van der Waals surface area contributed by atoms with Crippen LogP contribution < -0.4 is 0 Å². The SMILES string of the molecule is CC(C#N)Sc1ccc(Cl)c(Cl)c1. The summed E-state index contributed by atoms with van der Waals surface area (Å²) < 4.78 is 0.